The first kappa shape index (κ1) is 18.5. The summed E-state index contributed by atoms with van der Waals surface area (Å²) in [6.45, 7) is 0. The van der Waals surface area contributed by atoms with Crippen molar-refractivity contribution in [3.8, 4) is 27.8 Å². The lowest BCUT2D eigenvalue weighted by molar-refractivity contribution is 0.0729. The summed E-state index contributed by atoms with van der Waals surface area (Å²) in [5, 5.41) is 2.68. The molecule has 2 aromatic carbocycles. The summed E-state index contributed by atoms with van der Waals surface area (Å²) in [6.07, 6.45) is 0. The number of methoxy groups -OCH3 is 2. The van der Waals surface area contributed by atoms with E-state index in [2.05, 4.69) is 4.98 Å². The third kappa shape index (κ3) is 3.62. The van der Waals surface area contributed by atoms with Gasteiger partial charge in [0.2, 0.25) is 0 Å². The van der Waals surface area contributed by atoms with Crippen molar-refractivity contribution in [2.45, 2.75) is 0 Å². The minimum atomic E-state index is -0.626. The Bertz CT molecular complexity index is 958. The van der Waals surface area contributed by atoms with Crippen molar-refractivity contribution in [1.82, 2.24) is 4.98 Å². The van der Waals surface area contributed by atoms with E-state index in [0.29, 0.717) is 21.5 Å². The Morgan fingerprint density at radius 2 is 1.77 bits per heavy atom. The maximum atomic E-state index is 12.4. The fourth-order valence-corrected chi connectivity index (χ4v) is 3.40. The summed E-state index contributed by atoms with van der Waals surface area (Å²) < 4.78 is 16.0. The van der Waals surface area contributed by atoms with Gasteiger partial charge in [-0.25, -0.2) is 9.78 Å². The number of halogens is 2. The van der Waals surface area contributed by atoms with E-state index in [4.69, 9.17) is 37.4 Å². The summed E-state index contributed by atoms with van der Waals surface area (Å²) in [5.41, 5.74) is 0.877. The molecule has 0 saturated carbocycles. The van der Waals surface area contributed by atoms with Gasteiger partial charge < -0.3 is 14.2 Å². The summed E-state index contributed by atoms with van der Waals surface area (Å²) in [4.78, 5) is 16.7. The normalized spacial score (nSPS) is 10.5. The third-order valence-electron chi connectivity index (χ3n) is 3.47. The number of aromatic nitrogens is 1. The molecule has 0 radical (unpaired) electrons. The second kappa shape index (κ2) is 7.95. The molecule has 0 aliphatic rings. The highest BCUT2D eigenvalue weighted by Gasteiger charge is 2.19. The van der Waals surface area contributed by atoms with Crippen LogP contribution < -0.4 is 14.2 Å². The van der Waals surface area contributed by atoms with Gasteiger partial charge in [0.05, 0.1) is 24.8 Å². The lowest BCUT2D eigenvalue weighted by atomic mass is 10.2. The molecule has 8 heteroatoms. The number of rotatable bonds is 5. The zero-order chi connectivity index (χ0) is 18.7. The molecule has 1 heterocycles. The van der Waals surface area contributed by atoms with Gasteiger partial charge in [-0.3, -0.25) is 0 Å². The molecule has 0 aliphatic heterocycles. The van der Waals surface area contributed by atoms with Crippen LogP contribution in [0.4, 0.5) is 0 Å². The maximum absolute atomic E-state index is 12.4. The average Bonchev–Trinajstić information content (AvgIpc) is 3.14. The van der Waals surface area contributed by atoms with Crippen molar-refractivity contribution in [2.75, 3.05) is 14.2 Å². The Labute approximate surface area is 164 Å². The van der Waals surface area contributed by atoms with Gasteiger partial charge in [-0.15, -0.1) is 11.3 Å². The number of carbonyl (C=O) groups is 1. The van der Waals surface area contributed by atoms with Gasteiger partial charge in [0, 0.05) is 5.38 Å². The highest BCUT2D eigenvalue weighted by molar-refractivity contribution is 7.13. The summed E-state index contributed by atoms with van der Waals surface area (Å²) in [7, 11) is 3.10. The van der Waals surface area contributed by atoms with Crippen LogP contribution in [0.3, 0.4) is 0 Å². The SMILES string of the molecule is COc1cccc(-c2nc(C(=O)Oc3cccc(Cl)c3Cl)cs2)c1OC. The van der Waals surface area contributed by atoms with Crippen molar-refractivity contribution >= 4 is 40.5 Å². The number of hydrogen-bond donors (Lipinski definition) is 0. The Morgan fingerprint density at radius 3 is 2.50 bits per heavy atom. The number of ether oxygens (including phenoxy) is 3. The van der Waals surface area contributed by atoms with E-state index >= 15 is 0 Å². The van der Waals surface area contributed by atoms with Gasteiger partial charge in [-0.05, 0) is 24.3 Å². The average molecular weight is 410 g/mol. The number of nitrogens with zero attached hydrogens (tertiary/aromatic N) is 1. The van der Waals surface area contributed by atoms with E-state index < -0.39 is 5.97 Å². The Morgan fingerprint density at radius 1 is 1.04 bits per heavy atom. The smallest absolute Gasteiger partial charge is 0.363 e. The minimum absolute atomic E-state index is 0.158. The molecule has 0 N–H and O–H groups in total. The molecule has 0 spiro atoms. The maximum Gasteiger partial charge on any atom is 0.363 e. The van der Waals surface area contributed by atoms with Crippen LogP contribution in [0.5, 0.6) is 17.2 Å². The first-order chi connectivity index (χ1) is 12.5. The first-order valence-corrected chi connectivity index (χ1v) is 9.01. The van der Waals surface area contributed by atoms with E-state index in [1.165, 1.54) is 11.3 Å². The highest BCUT2D eigenvalue weighted by atomic mass is 35.5. The van der Waals surface area contributed by atoms with Crippen LogP contribution in [0.25, 0.3) is 10.6 Å². The molecular formula is C18H13Cl2NO4S. The minimum Gasteiger partial charge on any atom is -0.493 e. The zero-order valence-electron chi connectivity index (χ0n) is 13.8. The first-order valence-electron chi connectivity index (χ1n) is 7.38. The van der Waals surface area contributed by atoms with E-state index in [0.717, 1.165) is 5.56 Å². The van der Waals surface area contributed by atoms with Gasteiger partial charge in [0.25, 0.3) is 0 Å². The predicted octanol–water partition coefficient (Wildman–Crippen LogP) is 5.35. The zero-order valence-corrected chi connectivity index (χ0v) is 16.1. The number of benzene rings is 2. The molecule has 3 rings (SSSR count). The fourth-order valence-electron chi connectivity index (χ4n) is 2.26. The van der Waals surface area contributed by atoms with Crippen LogP contribution in [0, 0.1) is 0 Å². The van der Waals surface area contributed by atoms with E-state index in [1.807, 2.05) is 12.1 Å². The van der Waals surface area contributed by atoms with Gasteiger partial charge in [0.1, 0.15) is 10.0 Å². The molecule has 0 amide bonds. The second-order valence-electron chi connectivity index (χ2n) is 5.02. The molecule has 0 fully saturated rings. The molecule has 0 unspecified atom stereocenters. The van der Waals surface area contributed by atoms with Crippen molar-refractivity contribution < 1.29 is 19.0 Å². The van der Waals surface area contributed by atoms with Crippen LogP contribution in [0.15, 0.2) is 41.8 Å². The lowest BCUT2D eigenvalue weighted by Crippen LogP contribution is -2.09. The molecular weight excluding hydrogens is 397 g/mol. The largest absolute Gasteiger partial charge is 0.493 e. The summed E-state index contributed by atoms with van der Waals surface area (Å²) in [5.74, 6) is 0.674. The van der Waals surface area contributed by atoms with Crippen molar-refractivity contribution in [3.63, 3.8) is 0 Å². The van der Waals surface area contributed by atoms with Crippen LogP contribution in [0.1, 0.15) is 10.5 Å². The Balaban J connectivity index is 1.88. The van der Waals surface area contributed by atoms with E-state index in [1.54, 1.807) is 43.9 Å². The van der Waals surface area contributed by atoms with Crippen LogP contribution in [-0.2, 0) is 0 Å². The van der Waals surface area contributed by atoms with Crippen molar-refractivity contribution in [1.29, 1.82) is 0 Å². The highest BCUT2D eigenvalue weighted by Crippen LogP contribution is 2.39. The topological polar surface area (TPSA) is 57.7 Å². The lowest BCUT2D eigenvalue weighted by Gasteiger charge is -2.10. The van der Waals surface area contributed by atoms with Crippen molar-refractivity contribution in [2.24, 2.45) is 0 Å². The quantitative estimate of drug-likeness (QED) is 0.419. The van der Waals surface area contributed by atoms with Gasteiger partial charge in [0.15, 0.2) is 22.9 Å². The molecule has 3 aromatic rings. The summed E-state index contributed by atoms with van der Waals surface area (Å²) in [6, 6.07) is 10.3. The predicted molar refractivity (Wildman–Crippen MR) is 102 cm³/mol. The molecule has 1 aromatic heterocycles. The standard InChI is InChI=1S/C18H13Cl2NO4S/c1-23-14-8-3-5-10(16(14)24-2)17-21-12(9-26-17)18(22)25-13-7-4-6-11(19)15(13)20/h3-9H,1-2H3. The number of thiazole rings is 1. The molecule has 5 nitrogen and oxygen atoms in total. The molecule has 26 heavy (non-hydrogen) atoms. The summed E-state index contributed by atoms with van der Waals surface area (Å²) >= 11 is 13.3. The number of carbonyl (C=O) groups excluding carboxylic acids is 1. The van der Waals surface area contributed by atoms with Crippen LogP contribution in [0.2, 0.25) is 10.0 Å². The Kier molecular flexibility index (Phi) is 5.66. The van der Waals surface area contributed by atoms with Crippen LogP contribution in [-0.4, -0.2) is 25.2 Å². The van der Waals surface area contributed by atoms with Gasteiger partial charge in [-0.2, -0.15) is 0 Å². The van der Waals surface area contributed by atoms with Gasteiger partial charge in [-0.1, -0.05) is 35.3 Å². The number of hydrogen-bond acceptors (Lipinski definition) is 6. The second-order valence-corrected chi connectivity index (χ2v) is 6.66. The molecule has 0 bridgehead atoms. The fraction of sp³-hybridized carbons (Fsp3) is 0.111. The molecule has 134 valence electrons. The van der Waals surface area contributed by atoms with Gasteiger partial charge >= 0.3 is 5.97 Å². The third-order valence-corrected chi connectivity index (χ3v) is 5.14. The Hall–Kier alpha value is -2.28. The van der Waals surface area contributed by atoms with Crippen molar-refractivity contribution in [3.05, 3.63) is 57.5 Å². The molecule has 0 aliphatic carbocycles. The van der Waals surface area contributed by atoms with Crippen LogP contribution >= 0.6 is 34.5 Å². The van der Waals surface area contributed by atoms with E-state index in [-0.39, 0.29) is 16.5 Å². The number of para-hydroxylation sites is 1. The van der Waals surface area contributed by atoms with E-state index in [9.17, 15) is 4.79 Å². The number of esters is 1. The monoisotopic (exact) mass is 409 g/mol. The molecule has 0 saturated heterocycles. The molecule has 0 atom stereocenters.